The Kier molecular flexibility index (Phi) is 4.43. The lowest BCUT2D eigenvalue weighted by Crippen LogP contribution is -2.37. The van der Waals surface area contributed by atoms with Gasteiger partial charge in [0.1, 0.15) is 5.82 Å². The molecule has 1 aliphatic heterocycles. The molecule has 4 N–H and O–H groups in total. The lowest BCUT2D eigenvalue weighted by Gasteiger charge is -2.22. The second kappa shape index (κ2) is 6.06. The van der Waals surface area contributed by atoms with Gasteiger partial charge in [-0.3, -0.25) is 4.79 Å². The minimum absolute atomic E-state index is 0.0473. The number of nitrogens with zero attached hydrogens (tertiary/aromatic N) is 1. The van der Waals surface area contributed by atoms with Gasteiger partial charge in [0.15, 0.2) is 0 Å². The van der Waals surface area contributed by atoms with Crippen LogP contribution in [0.1, 0.15) is 28.9 Å². The normalized spacial score (nSPS) is 16.3. The maximum Gasteiger partial charge on any atom is 0.251 e. The monoisotopic (exact) mass is 266 g/mol. The van der Waals surface area contributed by atoms with Gasteiger partial charge in [0, 0.05) is 17.3 Å². The van der Waals surface area contributed by atoms with Gasteiger partial charge in [0.25, 0.3) is 5.91 Å². The van der Waals surface area contributed by atoms with Crippen molar-refractivity contribution in [3.8, 4) is 0 Å². The molecule has 1 amide bonds. The van der Waals surface area contributed by atoms with Gasteiger partial charge in [0.05, 0.1) is 0 Å². The summed E-state index contributed by atoms with van der Waals surface area (Å²) in [6.45, 7) is 1.84. The van der Waals surface area contributed by atoms with Crippen molar-refractivity contribution in [2.75, 3.05) is 16.9 Å². The number of carbonyl (C=O) groups excluding carboxylic acids is 1. The zero-order chi connectivity index (χ0) is 13.0. The van der Waals surface area contributed by atoms with Crippen LogP contribution in [0.2, 0.25) is 0 Å². The number of pyridine rings is 1. The van der Waals surface area contributed by atoms with Crippen LogP contribution < -0.4 is 16.6 Å². The predicted molar refractivity (Wildman–Crippen MR) is 74.6 cm³/mol. The Balaban J connectivity index is 2.05. The van der Waals surface area contributed by atoms with Crippen molar-refractivity contribution in [2.45, 2.75) is 25.8 Å². The van der Waals surface area contributed by atoms with Gasteiger partial charge in [-0.25, -0.2) is 10.8 Å². The smallest absolute Gasteiger partial charge is 0.251 e. The third-order valence-electron chi connectivity index (χ3n) is 2.92. The molecule has 1 fully saturated rings. The average Bonchev–Trinajstić information content (AvgIpc) is 2.39. The Morgan fingerprint density at radius 2 is 2.17 bits per heavy atom. The first-order valence-corrected chi connectivity index (χ1v) is 7.18. The number of thioether (sulfide) groups is 1. The first kappa shape index (κ1) is 13.2. The van der Waals surface area contributed by atoms with E-state index in [1.165, 1.54) is 0 Å². The number of amides is 1. The second-order valence-electron chi connectivity index (χ2n) is 4.39. The highest BCUT2D eigenvalue weighted by Crippen LogP contribution is 2.17. The van der Waals surface area contributed by atoms with Crippen molar-refractivity contribution in [3.63, 3.8) is 0 Å². The molecular formula is C12H18N4OS. The highest BCUT2D eigenvalue weighted by atomic mass is 32.2. The number of hydrogen-bond acceptors (Lipinski definition) is 5. The number of carbonyl (C=O) groups is 1. The van der Waals surface area contributed by atoms with Gasteiger partial charge < -0.3 is 10.7 Å². The topological polar surface area (TPSA) is 80.0 Å². The molecule has 0 saturated carbocycles. The van der Waals surface area contributed by atoms with Crippen LogP contribution in [-0.4, -0.2) is 28.4 Å². The largest absolute Gasteiger partial charge is 0.349 e. The molecule has 6 heteroatoms. The molecule has 18 heavy (non-hydrogen) atoms. The molecule has 5 nitrogen and oxygen atoms in total. The molecule has 0 unspecified atom stereocenters. The van der Waals surface area contributed by atoms with E-state index < -0.39 is 0 Å². The van der Waals surface area contributed by atoms with Gasteiger partial charge in [0.2, 0.25) is 0 Å². The zero-order valence-corrected chi connectivity index (χ0v) is 11.2. The van der Waals surface area contributed by atoms with E-state index in [2.05, 4.69) is 15.7 Å². The lowest BCUT2D eigenvalue weighted by molar-refractivity contribution is 0.0934. The number of nitrogen functional groups attached to an aromatic ring is 1. The van der Waals surface area contributed by atoms with Crippen LogP contribution in [0.4, 0.5) is 5.82 Å². The van der Waals surface area contributed by atoms with E-state index in [0.717, 1.165) is 30.0 Å². The van der Waals surface area contributed by atoms with Crippen LogP contribution in [0, 0.1) is 6.92 Å². The summed E-state index contributed by atoms with van der Waals surface area (Å²) >= 11 is 1.94. The van der Waals surface area contributed by atoms with Gasteiger partial charge in [-0.2, -0.15) is 11.8 Å². The second-order valence-corrected chi connectivity index (χ2v) is 5.61. The maximum atomic E-state index is 12.1. The molecule has 2 rings (SSSR count). The number of rotatable bonds is 3. The molecule has 0 spiro atoms. The van der Waals surface area contributed by atoms with Crippen molar-refractivity contribution >= 4 is 23.5 Å². The maximum absolute atomic E-state index is 12.1. The Hall–Kier alpha value is -1.27. The first-order chi connectivity index (χ1) is 8.69. The molecule has 1 saturated heterocycles. The highest BCUT2D eigenvalue weighted by molar-refractivity contribution is 7.99. The average molecular weight is 266 g/mol. The molecule has 1 aliphatic rings. The van der Waals surface area contributed by atoms with Crippen molar-refractivity contribution in [2.24, 2.45) is 5.84 Å². The molecular weight excluding hydrogens is 248 g/mol. The van der Waals surface area contributed by atoms with Gasteiger partial charge in [-0.05, 0) is 43.4 Å². The number of nitrogens with one attached hydrogen (secondary N) is 2. The van der Waals surface area contributed by atoms with E-state index in [1.54, 1.807) is 12.1 Å². The summed E-state index contributed by atoms with van der Waals surface area (Å²) < 4.78 is 0. The molecule has 2 heterocycles. The third-order valence-corrected chi connectivity index (χ3v) is 3.97. The van der Waals surface area contributed by atoms with E-state index in [0.29, 0.717) is 17.4 Å². The molecule has 0 radical (unpaired) electrons. The van der Waals surface area contributed by atoms with Crippen molar-refractivity contribution in [1.82, 2.24) is 10.3 Å². The van der Waals surface area contributed by atoms with Crippen LogP contribution in [0.5, 0.6) is 0 Å². The number of hydrazine groups is 1. The van der Waals surface area contributed by atoms with Crippen LogP contribution in [0.15, 0.2) is 12.1 Å². The van der Waals surface area contributed by atoms with Gasteiger partial charge in [-0.1, -0.05) is 0 Å². The SMILES string of the molecule is Cc1cc(C(=O)NC2CCSCC2)cc(NN)n1. The molecule has 98 valence electrons. The summed E-state index contributed by atoms with van der Waals surface area (Å²) in [6.07, 6.45) is 2.09. The van der Waals surface area contributed by atoms with Crippen LogP contribution in [0.25, 0.3) is 0 Å². The van der Waals surface area contributed by atoms with Gasteiger partial charge in [-0.15, -0.1) is 0 Å². The van der Waals surface area contributed by atoms with E-state index in [9.17, 15) is 4.79 Å². The summed E-state index contributed by atoms with van der Waals surface area (Å²) in [5.41, 5.74) is 3.85. The summed E-state index contributed by atoms with van der Waals surface area (Å²) in [5, 5.41) is 3.07. The Labute approximate surface area is 111 Å². The fraction of sp³-hybridized carbons (Fsp3) is 0.500. The van der Waals surface area contributed by atoms with Gasteiger partial charge >= 0.3 is 0 Å². The van der Waals surface area contributed by atoms with E-state index in [1.807, 2.05) is 18.7 Å². The summed E-state index contributed by atoms with van der Waals surface area (Å²) in [6, 6.07) is 3.73. The van der Waals surface area contributed by atoms with Crippen molar-refractivity contribution in [1.29, 1.82) is 0 Å². The number of aromatic nitrogens is 1. The molecule has 0 aliphatic carbocycles. The van der Waals surface area contributed by atoms with E-state index in [4.69, 9.17) is 5.84 Å². The quantitative estimate of drug-likeness (QED) is 0.567. The number of nitrogens with two attached hydrogens (primary N) is 1. The number of aryl methyl sites for hydroxylation is 1. The molecule has 0 atom stereocenters. The Bertz CT molecular complexity index is 432. The van der Waals surface area contributed by atoms with Crippen LogP contribution in [-0.2, 0) is 0 Å². The van der Waals surface area contributed by atoms with Crippen molar-refractivity contribution < 1.29 is 4.79 Å². The zero-order valence-electron chi connectivity index (χ0n) is 10.4. The fourth-order valence-corrected chi connectivity index (χ4v) is 3.09. The van der Waals surface area contributed by atoms with Crippen LogP contribution >= 0.6 is 11.8 Å². The molecule has 0 bridgehead atoms. The molecule has 1 aromatic rings. The van der Waals surface area contributed by atoms with Crippen molar-refractivity contribution in [3.05, 3.63) is 23.4 Å². The minimum Gasteiger partial charge on any atom is -0.349 e. The van der Waals surface area contributed by atoms with E-state index in [-0.39, 0.29) is 5.91 Å². The lowest BCUT2D eigenvalue weighted by atomic mass is 10.1. The minimum atomic E-state index is -0.0473. The Morgan fingerprint density at radius 1 is 1.44 bits per heavy atom. The number of hydrogen-bond donors (Lipinski definition) is 3. The highest BCUT2D eigenvalue weighted by Gasteiger charge is 2.17. The van der Waals surface area contributed by atoms with E-state index >= 15 is 0 Å². The summed E-state index contributed by atoms with van der Waals surface area (Å²) in [4.78, 5) is 16.3. The predicted octanol–water partition coefficient (Wildman–Crippen LogP) is 1.30. The Morgan fingerprint density at radius 3 is 2.83 bits per heavy atom. The summed E-state index contributed by atoms with van der Waals surface area (Å²) in [5.74, 6) is 8.03. The first-order valence-electron chi connectivity index (χ1n) is 6.03. The molecule has 1 aromatic heterocycles. The summed E-state index contributed by atoms with van der Waals surface area (Å²) in [7, 11) is 0. The number of anilines is 1. The van der Waals surface area contributed by atoms with Crippen LogP contribution in [0.3, 0.4) is 0 Å². The third kappa shape index (κ3) is 3.36. The molecule has 0 aromatic carbocycles. The fourth-order valence-electron chi connectivity index (χ4n) is 1.98. The standard InChI is InChI=1S/C12H18N4OS/c1-8-6-9(7-11(14-8)16-13)12(17)15-10-2-4-18-5-3-10/h6-7,10H,2-5,13H2,1H3,(H,14,16)(H,15,17).